The summed E-state index contributed by atoms with van der Waals surface area (Å²) in [4.78, 5) is 8.38. The van der Waals surface area contributed by atoms with Crippen LogP contribution in [-0.2, 0) is 5.75 Å². The van der Waals surface area contributed by atoms with Gasteiger partial charge in [-0.25, -0.2) is 4.98 Å². The summed E-state index contributed by atoms with van der Waals surface area (Å²) in [5.41, 5.74) is 2.45. The van der Waals surface area contributed by atoms with Crippen LogP contribution in [-0.4, -0.2) is 23.6 Å². The van der Waals surface area contributed by atoms with Gasteiger partial charge in [-0.05, 0) is 38.6 Å². The molecule has 0 radical (unpaired) electrons. The van der Waals surface area contributed by atoms with E-state index in [-0.39, 0.29) is 0 Å². The molecule has 0 fully saturated rings. The van der Waals surface area contributed by atoms with Crippen LogP contribution in [0.4, 0.5) is 0 Å². The molecule has 1 aromatic heterocycles. The first-order valence-corrected chi connectivity index (χ1v) is 8.04. The average Bonchev–Trinajstić information content (AvgIpc) is 2.54. The summed E-state index contributed by atoms with van der Waals surface area (Å²) in [6.07, 6.45) is 5.18. The molecular formula is C16H21N3OS. The molecule has 2 aromatic rings. The van der Waals surface area contributed by atoms with Gasteiger partial charge < -0.3 is 10.1 Å². The van der Waals surface area contributed by atoms with Crippen LogP contribution in [0.5, 0.6) is 5.75 Å². The monoisotopic (exact) mass is 303 g/mol. The number of nitrogens with one attached hydrogen (secondary N) is 1. The fraction of sp³-hybridized carbons (Fsp3) is 0.375. The molecular weight excluding hydrogens is 282 g/mol. The highest BCUT2D eigenvalue weighted by atomic mass is 32.2. The second-order valence-electron chi connectivity index (χ2n) is 4.64. The van der Waals surface area contributed by atoms with Gasteiger partial charge in [-0.1, -0.05) is 17.8 Å². The van der Waals surface area contributed by atoms with Crippen molar-refractivity contribution in [3.63, 3.8) is 0 Å². The van der Waals surface area contributed by atoms with Crippen LogP contribution in [0.2, 0.25) is 0 Å². The Kier molecular flexibility index (Phi) is 6.02. The van der Waals surface area contributed by atoms with E-state index in [9.17, 15) is 0 Å². The fourth-order valence-electron chi connectivity index (χ4n) is 1.96. The van der Waals surface area contributed by atoms with Crippen molar-refractivity contribution in [2.45, 2.75) is 30.7 Å². The van der Waals surface area contributed by atoms with E-state index >= 15 is 0 Å². The topological polar surface area (TPSA) is 47.0 Å². The van der Waals surface area contributed by atoms with E-state index in [0.717, 1.165) is 16.5 Å². The maximum Gasteiger partial charge on any atom is 0.123 e. The van der Waals surface area contributed by atoms with Crippen molar-refractivity contribution >= 4 is 11.8 Å². The standard InChI is InChI=1S/C16H21N3OS/c1-4-20-15-6-5-13(12(2)17-3)9-14(15)11-21-16-10-18-7-8-19-16/h5-10,12,17H,4,11H2,1-3H3. The van der Waals surface area contributed by atoms with Crippen LogP contribution in [0, 0.1) is 0 Å². The average molecular weight is 303 g/mol. The van der Waals surface area contributed by atoms with E-state index in [1.807, 2.05) is 14.0 Å². The largest absolute Gasteiger partial charge is 0.494 e. The summed E-state index contributed by atoms with van der Waals surface area (Å²) in [5, 5.41) is 4.19. The Morgan fingerprint density at radius 2 is 2.19 bits per heavy atom. The number of thioether (sulfide) groups is 1. The van der Waals surface area contributed by atoms with Gasteiger partial charge in [0.1, 0.15) is 10.8 Å². The summed E-state index contributed by atoms with van der Waals surface area (Å²) < 4.78 is 5.72. The molecule has 0 saturated carbocycles. The highest BCUT2D eigenvalue weighted by Crippen LogP contribution is 2.29. The van der Waals surface area contributed by atoms with Gasteiger partial charge in [-0.3, -0.25) is 4.98 Å². The molecule has 1 unspecified atom stereocenters. The lowest BCUT2D eigenvalue weighted by Crippen LogP contribution is -2.12. The number of benzene rings is 1. The van der Waals surface area contributed by atoms with Gasteiger partial charge in [0.05, 0.1) is 12.8 Å². The van der Waals surface area contributed by atoms with E-state index in [1.165, 1.54) is 11.1 Å². The smallest absolute Gasteiger partial charge is 0.123 e. The lowest BCUT2D eigenvalue weighted by Gasteiger charge is -2.15. The lowest BCUT2D eigenvalue weighted by molar-refractivity contribution is 0.337. The van der Waals surface area contributed by atoms with E-state index in [1.54, 1.807) is 30.4 Å². The number of ether oxygens (including phenoxy) is 1. The lowest BCUT2D eigenvalue weighted by atomic mass is 10.1. The quantitative estimate of drug-likeness (QED) is 0.794. The van der Waals surface area contributed by atoms with Gasteiger partial charge >= 0.3 is 0 Å². The van der Waals surface area contributed by atoms with Gasteiger partial charge in [0.25, 0.3) is 0 Å². The minimum Gasteiger partial charge on any atom is -0.494 e. The second-order valence-corrected chi connectivity index (χ2v) is 5.64. The summed E-state index contributed by atoms with van der Waals surface area (Å²) in [6.45, 7) is 4.82. The molecule has 0 saturated heterocycles. The molecule has 1 atom stereocenters. The zero-order valence-electron chi connectivity index (χ0n) is 12.7. The number of nitrogens with zero attached hydrogens (tertiary/aromatic N) is 2. The van der Waals surface area contributed by atoms with Crippen molar-refractivity contribution in [2.75, 3.05) is 13.7 Å². The van der Waals surface area contributed by atoms with Crippen LogP contribution < -0.4 is 10.1 Å². The van der Waals surface area contributed by atoms with Crippen LogP contribution in [0.15, 0.2) is 41.8 Å². The SMILES string of the molecule is CCOc1ccc(C(C)NC)cc1CSc1cnccn1. The first kappa shape index (κ1) is 15.8. The summed E-state index contributed by atoms with van der Waals surface area (Å²) in [7, 11) is 1.97. The molecule has 112 valence electrons. The second kappa shape index (κ2) is 8.00. The van der Waals surface area contributed by atoms with E-state index < -0.39 is 0 Å². The molecule has 4 nitrogen and oxygen atoms in total. The van der Waals surface area contributed by atoms with Crippen LogP contribution in [0.3, 0.4) is 0 Å². The Hall–Kier alpha value is -1.59. The van der Waals surface area contributed by atoms with Gasteiger partial charge in [0.15, 0.2) is 0 Å². The van der Waals surface area contributed by atoms with E-state index in [2.05, 4.69) is 40.4 Å². The van der Waals surface area contributed by atoms with Crippen molar-refractivity contribution in [1.29, 1.82) is 0 Å². The number of aromatic nitrogens is 2. The third-order valence-corrected chi connectivity index (χ3v) is 4.19. The van der Waals surface area contributed by atoms with Crippen molar-refractivity contribution in [3.8, 4) is 5.75 Å². The Labute approximate surface area is 130 Å². The maximum absolute atomic E-state index is 5.72. The van der Waals surface area contributed by atoms with Crippen LogP contribution in [0.1, 0.15) is 31.0 Å². The zero-order valence-corrected chi connectivity index (χ0v) is 13.5. The summed E-state index contributed by atoms with van der Waals surface area (Å²) in [6, 6.07) is 6.69. The maximum atomic E-state index is 5.72. The first-order valence-electron chi connectivity index (χ1n) is 7.06. The molecule has 0 aliphatic rings. The fourth-order valence-corrected chi connectivity index (χ4v) is 2.76. The van der Waals surface area contributed by atoms with Crippen molar-refractivity contribution in [1.82, 2.24) is 15.3 Å². The minimum absolute atomic E-state index is 0.320. The molecule has 2 rings (SSSR count). The zero-order chi connectivity index (χ0) is 15.1. The Morgan fingerprint density at radius 1 is 1.33 bits per heavy atom. The Balaban J connectivity index is 2.17. The van der Waals surface area contributed by atoms with Crippen molar-refractivity contribution in [2.24, 2.45) is 0 Å². The normalized spacial score (nSPS) is 12.1. The first-order chi connectivity index (χ1) is 10.2. The third-order valence-electron chi connectivity index (χ3n) is 3.23. The summed E-state index contributed by atoms with van der Waals surface area (Å²) in [5.74, 6) is 1.76. The molecule has 0 spiro atoms. The molecule has 1 N–H and O–H groups in total. The highest BCUT2D eigenvalue weighted by molar-refractivity contribution is 7.98. The van der Waals surface area contributed by atoms with Crippen LogP contribution in [0.25, 0.3) is 0 Å². The predicted octanol–water partition coefficient (Wildman–Crippen LogP) is 3.45. The third kappa shape index (κ3) is 4.44. The highest BCUT2D eigenvalue weighted by Gasteiger charge is 2.09. The van der Waals surface area contributed by atoms with Gasteiger partial charge in [-0.15, -0.1) is 0 Å². The molecule has 1 aromatic carbocycles. The molecule has 21 heavy (non-hydrogen) atoms. The minimum atomic E-state index is 0.320. The molecule has 1 heterocycles. The molecule has 5 heteroatoms. The number of rotatable bonds is 7. The molecule has 0 amide bonds. The van der Waals surface area contributed by atoms with Gasteiger partial charge in [0, 0.05) is 29.8 Å². The van der Waals surface area contributed by atoms with Crippen LogP contribution >= 0.6 is 11.8 Å². The van der Waals surface area contributed by atoms with E-state index in [4.69, 9.17) is 4.74 Å². The number of hydrogen-bond acceptors (Lipinski definition) is 5. The molecule has 0 aliphatic heterocycles. The van der Waals surface area contributed by atoms with E-state index in [0.29, 0.717) is 12.6 Å². The molecule has 0 bridgehead atoms. The Bertz CT molecular complexity index is 563. The predicted molar refractivity (Wildman–Crippen MR) is 86.7 cm³/mol. The van der Waals surface area contributed by atoms with Gasteiger partial charge in [0.2, 0.25) is 0 Å². The van der Waals surface area contributed by atoms with Crippen molar-refractivity contribution in [3.05, 3.63) is 47.9 Å². The Morgan fingerprint density at radius 3 is 2.86 bits per heavy atom. The van der Waals surface area contributed by atoms with Crippen molar-refractivity contribution < 1.29 is 4.74 Å². The molecule has 0 aliphatic carbocycles. The number of hydrogen-bond donors (Lipinski definition) is 1. The van der Waals surface area contributed by atoms with Gasteiger partial charge in [-0.2, -0.15) is 0 Å². The summed E-state index contributed by atoms with van der Waals surface area (Å²) >= 11 is 1.67.